The number of hydrogen-bond acceptors (Lipinski definition) is 4. The van der Waals surface area contributed by atoms with Gasteiger partial charge in [-0.25, -0.2) is 0 Å². The van der Waals surface area contributed by atoms with Gasteiger partial charge in [-0.3, -0.25) is 4.79 Å². The summed E-state index contributed by atoms with van der Waals surface area (Å²) < 4.78 is 5.27. The Hall–Kier alpha value is -1.59. The number of carbonyl (C=O) groups is 1. The molecule has 36 heavy (non-hydrogen) atoms. The predicted octanol–water partition coefficient (Wildman–Crippen LogP) is 6.04. The number of ether oxygens (including phenoxy) is 1. The Morgan fingerprint density at radius 2 is 1.83 bits per heavy atom. The molecule has 0 heterocycles. The summed E-state index contributed by atoms with van der Waals surface area (Å²) in [5.41, 5.74) is 1.31. The number of hydrogen-bond donors (Lipinski definition) is 3. The monoisotopic (exact) mass is 497 g/mol. The molecule has 4 fully saturated rings. The van der Waals surface area contributed by atoms with Gasteiger partial charge >= 0.3 is 0 Å². The van der Waals surface area contributed by atoms with E-state index in [0.29, 0.717) is 41.9 Å². The Morgan fingerprint density at radius 3 is 2.61 bits per heavy atom. The fourth-order valence-electron chi connectivity index (χ4n) is 9.66. The molecular formula is C31H47NO4. The molecule has 3 N–H and O–H groups in total. The maximum Gasteiger partial charge on any atom is 0.224 e. The van der Waals surface area contributed by atoms with Crippen LogP contribution in [0.4, 0.5) is 5.69 Å². The predicted molar refractivity (Wildman–Crippen MR) is 143 cm³/mol. The minimum atomic E-state index is -0.231. The summed E-state index contributed by atoms with van der Waals surface area (Å²) in [5, 5.41) is 24.8. The minimum absolute atomic E-state index is 0.0691. The van der Waals surface area contributed by atoms with Crippen LogP contribution < -0.4 is 10.1 Å². The molecule has 0 aromatic heterocycles. The molecule has 10 atom stereocenters. The lowest BCUT2D eigenvalue weighted by Crippen LogP contribution is -2.58. The third kappa shape index (κ3) is 4.49. The van der Waals surface area contributed by atoms with Crippen molar-refractivity contribution in [3.8, 4) is 5.75 Å². The molecule has 0 spiro atoms. The van der Waals surface area contributed by atoms with E-state index in [9.17, 15) is 15.0 Å². The van der Waals surface area contributed by atoms with Gasteiger partial charge in [0.2, 0.25) is 5.91 Å². The number of benzene rings is 1. The molecule has 4 saturated carbocycles. The Kier molecular flexibility index (Phi) is 7.19. The number of anilines is 1. The zero-order chi connectivity index (χ0) is 25.7. The molecule has 0 aliphatic heterocycles. The maximum absolute atomic E-state index is 12.7. The highest BCUT2D eigenvalue weighted by atomic mass is 16.5. The molecule has 10 unspecified atom stereocenters. The van der Waals surface area contributed by atoms with Gasteiger partial charge in [0.05, 0.1) is 19.3 Å². The summed E-state index contributed by atoms with van der Waals surface area (Å²) in [7, 11) is 1.63. The molecule has 1 aromatic rings. The number of amides is 1. The molecule has 5 nitrogen and oxygen atoms in total. The highest BCUT2D eigenvalue weighted by Gasteiger charge is 2.62. The summed E-state index contributed by atoms with van der Waals surface area (Å²) in [5.74, 6) is 3.93. The highest BCUT2D eigenvalue weighted by molar-refractivity contribution is 5.90. The second-order valence-corrected chi connectivity index (χ2v) is 13.2. The van der Waals surface area contributed by atoms with Gasteiger partial charge < -0.3 is 20.3 Å². The van der Waals surface area contributed by atoms with Crippen molar-refractivity contribution in [2.24, 2.45) is 46.3 Å². The van der Waals surface area contributed by atoms with Gasteiger partial charge in [0.15, 0.2) is 0 Å². The van der Waals surface area contributed by atoms with Crippen molar-refractivity contribution >= 4 is 11.6 Å². The van der Waals surface area contributed by atoms with Crippen LogP contribution in [0.15, 0.2) is 24.3 Å². The summed E-state index contributed by atoms with van der Waals surface area (Å²) >= 11 is 0. The van der Waals surface area contributed by atoms with Crippen LogP contribution in [0.1, 0.15) is 85.0 Å². The lowest BCUT2D eigenvalue weighted by molar-refractivity contribution is -0.174. The Morgan fingerprint density at radius 1 is 1.08 bits per heavy atom. The first kappa shape index (κ1) is 26.0. The molecule has 4 aliphatic carbocycles. The number of methoxy groups -OCH3 is 1. The van der Waals surface area contributed by atoms with Crippen molar-refractivity contribution in [2.75, 3.05) is 12.4 Å². The zero-order valence-corrected chi connectivity index (χ0v) is 22.7. The minimum Gasteiger partial charge on any atom is -0.497 e. The van der Waals surface area contributed by atoms with Crippen LogP contribution in [0.2, 0.25) is 0 Å². The quantitative estimate of drug-likeness (QED) is 0.448. The topological polar surface area (TPSA) is 78.8 Å². The molecule has 4 aliphatic rings. The normalized spacial score (nSPS) is 42.6. The third-order valence-electron chi connectivity index (χ3n) is 11.6. The van der Waals surface area contributed by atoms with E-state index in [2.05, 4.69) is 26.1 Å². The molecule has 5 rings (SSSR count). The molecule has 0 radical (unpaired) electrons. The van der Waals surface area contributed by atoms with Crippen molar-refractivity contribution in [1.29, 1.82) is 0 Å². The third-order valence-corrected chi connectivity index (χ3v) is 11.6. The maximum atomic E-state index is 12.7. The first-order chi connectivity index (χ1) is 17.2. The van der Waals surface area contributed by atoms with Gasteiger partial charge in [-0.2, -0.15) is 0 Å². The zero-order valence-electron chi connectivity index (χ0n) is 22.7. The van der Waals surface area contributed by atoms with E-state index in [0.717, 1.165) is 43.5 Å². The Labute approximate surface area is 217 Å². The van der Waals surface area contributed by atoms with Crippen LogP contribution >= 0.6 is 0 Å². The SMILES string of the molecule is COc1cccc(NC(=O)CCC(C)C2CCC3C4C(O)CC5CC(O)CCC5(C)C4CCC23C)c1. The van der Waals surface area contributed by atoms with E-state index in [1.165, 1.54) is 25.7 Å². The van der Waals surface area contributed by atoms with Crippen molar-refractivity contribution < 1.29 is 19.7 Å². The van der Waals surface area contributed by atoms with E-state index in [-0.39, 0.29) is 28.9 Å². The lowest BCUT2D eigenvalue weighted by Gasteiger charge is -2.62. The van der Waals surface area contributed by atoms with Gasteiger partial charge in [0.1, 0.15) is 5.75 Å². The fourth-order valence-corrected chi connectivity index (χ4v) is 9.66. The lowest BCUT2D eigenvalue weighted by atomic mass is 9.43. The summed E-state index contributed by atoms with van der Waals surface area (Å²) in [6.07, 6.45) is 9.66. The van der Waals surface area contributed by atoms with Crippen molar-refractivity contribution in [3.63, 3.8) is 0 Å². The van der Waals surface area contributed by atoms with Crippen LogP contribution in [0, 0.1) is 46.3 Å². The molecule has 0 bridgehead atoms. The van der Waals surface area contributed by atoms with Gasteiger partial charge in [0.25, 0.3) is 0 Å². The first-order valence-corrected chi connectivity index (χ1v) is 14.5. The van der Waals surface area contributed by atoms with Gasteiger partial charge in [-0.05, 0) is 116 Å². The molecule has 5 heteroatoms. The largest absolute Gasteiger partial charge is 0.497 e. The molecule has 1 aromatic carbocycles. The summed E-state index contributed by atoms with van der Waals surface area (Å²) in [6.45, 7) is 7.33. The van der Waals surface area contributed by atoms with Crippen LogP contribution in [0.25, 0.3) is 0 Å². The summed E-state index contributed by atoms with van der Waals surface area (Å²) in [6, 6.07) is 7.53. The van der Waals surface area contributed by atoms with Gasteiger partial charge in [-0.15, -0.1) is 0 Å². The number of rotatable bonds is 6. The Balaban J connectivity index is 1.23. The average molecular weight is 498 g/mol. The van der Waals surface area contributed by atoms with Crippen LogP contribution in [0.3, 0.4) is 0 Å². The summed E-state index contributed by atoms with van der Waals surface area (Å²) in [4.78, 5) is 12.7. The van der Waals surface area contributed by atoms with E-state index in [1.54, 1.807) is 7.11 Å². The van der Waals surface area contributed by atoms with E-state index >= 15 is 0 Å². The van der Waals surface area contributed by atoms with Gasteiger partial charge in [0, 0.05) is 18.2 Å². The number of aliphatic hydroxyl groups is 2. The second kappa shape index (κ2) is 9.94. The average Bonchev–Trinajstić information content (AvgIpc) is 3.21. The number of fused-ring (bicyclic) bond motifs is 5. The first-order valence-electron chi connectivity index (χ1n) is 14.5. The molecule has 200 valence electrons. The van der Waals surface area contributed by atoms with Crippen LogP contribution in [-0.2, 0) is 4.79 Å². The molecule has 1 amide bonds. The van der Waals surface area contributed by atoms with E-state index < -0.39 is 0 Å². The molecule has 0 saturated heterocycles. The van der Waals surface area contributed by atoms with E-state index in [1.807, 2.05) is 24.3 Å². The number of carbonyl (C=O) groups excluding carboxylic acids is 1. The van der Waals surface area contributed by atoms with Crippen molar-refractivity contribution in [3.05, 3.63) is 24.3 Å². The highest BCUT2D eigenvalue weighted by Crippen LogP contribution is 2.68. The van der Waals surface area contributed by atoms with E-state index in [4.69, 9.17) is 4.74 Å². The second-order valence-electron chi connectivity index (χ2n) is 13.2. The van der Waals surface area contributed by atoms with Gasteiger partial charge in [-0.1, -0.05) is 26.8 Å². The van der Waals surface area contributed by atoms with Crippen molar-refractivity contribution in [2.45, 2.75) is 97.2 Å². The number of nitrogens with one attached hydrogen (secondary N) is 1. The van der Waals surface area contributed by atoms with Crippen LogP contribution in [-0.4, -0.2) is 35.4 Å². The molecular weight excluding hydrogens is 450 g/mol. The van der Waals surface area contributed by atoms with Crippen molar-refractivity contribution in [1.82, 2.24) is 0 Å². The smallest absolute Gasteiger partial charge is 0.224 e. The van der Waals surface area contributed by atoms with Crippen LogP contribution in [0.5, 0.6) is 5.75 Å². The Bertz CT molecular complexity index is 950. The fraction of sp³-hybridized carbons (Fsp3) is 0.774. The number of aliphatic hydroxyl groups excluding tert-OH is 2. The standard InChI is InChI=1S/C31H47NO4/c1-19(8-11-28(35)32-21-6-5-7-23(18-21)36-4)24-9-10-25-29-26(13-15-31(24,25)3)30(2)14-12-22(33)16-20(30)17-27(29)34/h5-7,18-20,22,24-27,29,33-34H,8-17H2,1-4H3,(H,32,35).